The first-order chi connectivity index (χ1) is 32.5. The topological polar surface area (TPSA) is 54.7 Å². The van der Waals surface area contributed by atoms with Gasteiger partial charge in [-0.3, -0.25) is 4.57 Å². The van der Waals surface area contributed by atoms with Gasteiger partial charge < -0.3 is 13.9 Å². The highest BCUT2D eigenvalue weighted by Crippen LogP contribution is 2.44. The van der Waals surface area contributed by atoms with Crippen LogP contribution in [0.4, 0.5) is 0 Å². The number of rotatable bonds is 7. The fraction of sp³-hybridized carbons (Fsp3) is 0.0508. The van der Waals surface area contributed by atoms with Crippen LogP contribution in [0.5, 0.6) is 11.5 Å². The maximum absolute atomic E-state index is 6.62. The third-order valence-electron chi connectivity index (χ3n) is 13.2. The minimum atomic E-state index is 0.737. The lowest BCUT2D eigenvalue weighted by atomic mass is 9.98. The summed E-state index contributed by atoms with van der Waals surface area (Å²) in [6.45, 7) is 6.30. The number of hydrogen-bond acceptors (Lipinski definition) is 3. The molecule has 0 N–H and O–H groups in total. The van der Waals surface area contributed by atoms with Crippen molar-refractivity contribution in [1.29, 1.82) is 0 Å². The standard InChI is InChI=1S/C59H42N6O/c1-37-32-58(64-54-27-13-8-22-47(54)48-31-30-42(35-57(48)64)66-41-17-14-16-40(34-41)65-39(3)33-38(2)61-65)60-36-49(37)59-55(62-50-23-9-4-18-43(50)44-19-5-10-24-51(44)62)28-15-29-56(59)63-52-25-11-6-20-45(52)46-21-7-12-26-53(46)63/h4-36H,1-3H3. The molecule has 0 fully saturated rings. The lowest BCUT2D eigenvalue weighted by molar-refractivity contribution is 0.482. The summed E-state index contributed by atoms with van der Waals surface area (Å²) >= 11 is 0. The molecule has 0 radical (unpaired) electrons. The van der Waals surface area contributed by atoms with Crippen LogP contribution in [-0.2, 0) is 0 Å². The highest BCUT2D eigenvalue weighted by molar-refractivity contribution is 6.12. The van der Waals surface area contributed by atoms with E-state index in [9.17, 15) is 0 Å². The quantitative estimate of drug-likeness (QED) is 0.160. The smallest absolute Gasteiger partial charge is 0.137 e. The molecule has 0 aliphatic rings. The molecule has 13 rings (SSSR count). The second-order valence-electron chi connectivity index (χ2n) is 17.2. The minimum Gasteiger partial charge on any atom is -0.457 e. The number of aromatic nitrogens is 6. The van der Waals surface area contributed by atoms with E-state index in [1.54, 1.807) is 0 Å². The Morgan fingerprint density at radius 3 is 1.41 bits per heavy atom. The monoisotopic (exact) mass is 850 g/mol. The van der Waals surface area contributed by atoms with Crippen LogP contribution in [0, 0.1) is 20.8 Å². The summed E-state index contributed by atoms with van der Waals surface area (Å²) in [6.07, 6.45) is 2.08. The summed E-state index contributed by atoms with van der Waals surface area (Å²) < 4.78 is 15.7. The van der Waals surface area contributed by atoms with Crippen LogP contribution in [0.3, 0.4) is 0 Å². The SMILES string of the molecule is Cc1cc(C)n(-c2cccc(Oc3ccc4c5ccccc5n(-c5cc(C)c(-c6c(-n7c8ccccc8c8ccccc87)cccc6-n6c7ccccc7c7ccccc76)cn5)c4c3)c2)n1. The zero-order chi connectivity index (χ0) is 44.0. The number of ether oxygens (including phenoxy) is 1. The molecule has 0 saturated heterocycles. The average Bonchev–Trinajstić information content (AvgIpc) is 4.08. The van der Waals surface area contributed by atoms with E-state index in [1.807, 2.05) is 29.8 Å². The van der Waals surface area contributed by atoms with Crippen molar-refractivity contribution in [1.82, 2.24) is 28.5 Å². The van der Waals surface area contributed by atoms with Gasteiger partial charge in [-0.1, -0.05) is 103 Å². The Morgan fingerprint density at radius 2 is 0.894 bits per heavy atom. The lowest BCUT2D eigenvalue weighted by Gasteiger charge is -2.21. The second-order valence-corrected chi connectivity index (χ2v) is 17.2. The van der Waals surface area contributed by atoms with Gasteiger partial charge in [-0.15, -0.1) is 0 Å². The van der Waals surface area contributed by atoms with Crippen molar-refractivity contribution in [3.05, 3.63) is 217 Å². The molecule has 5 heterocycles. The fourth-order valence-electron chi connectivity index (χ4n) is 10.4. The highest BCUT2D eigenvalue weighted by atomic mass is 16.5. The summed E-state index contributed by atoms with van der Waals surface area (Å²) in [4.78, 5) is 5.42. The van der Waals surface area contributed by atoms with E-state index < -0.39 is 0 Å². The van der Waals surface area contributed by atoms with Crippen molar-refractivity contribution in [3.63, 3.8) is 0 Å². The molecule has 13 aromatic rings. The predicted molar refractivity (Wildman–Crippen MR) is 271 cm³/mol. The number of fused-ring (bicyclic) bond motifs is 9. The predicted octanol–water partition coefficient (Wildman–Crippen LogP) is 14.9. The van der Waals surface area contributed by atoms with E-state index in [4.69, 9.17) is 14.8 Å². The lowest BCUT2D eigenvalue weighted by Crippen LogP contribution is -2.05. The van der Waals surface area contributed by atoms with E-state index in [2.05, 4.69) is 210 Å². The first-order valence-electron chi connectivity index (χ1n) is 22.4. The molecular formula is C59H42N6O. The molecule has 66 heavy (non-hydrogen) atoms. The number of aryl methyl sites for hydroxylation is 3. The summed E-state index contributed by atoms with van der Waals surface area (Å²) in [5, 5.41) is 11.9. The molecule has 0 atom stereocenters. The van der Waals surface area contributed by atoms with Gasteiger partial charge in [0.2, 0.25) is 0 Å². The van der Waals surface area contributed by atoms with Gasteiger partial charge in [0.05, 0.1) is 55.9 Å². The first-order valence-corrected chi connectivity index (χ1v) is 22.4. The normalized spacial score (nSPS) is 11.9. The van der Waals surface area contributed by atoms with Gasteiger partial charge in [-0.05, 0) is 105 Å². The van der Waals surface area contributed by atoms with Crippen molar-refractivity contribution in [2.45, 2.75) is 20.8 Å². The van der Waals surface area contributed by atoms with Crippen molar-refractivity contribution in [3.8, 4) is 45.5 Å². The third-order valence-corrected chi connectivity index (χ3v) is 13.2. The Balaban J connectivity index is 1.02. The molecule has 0 bridgehead atoms. The van der Waals surface area contributed by atoms with Crippen molar-refractivity contribution < 1.29 is 4.74 Å². The highest BCUT2D eigenvalue weighted by Gasteiger charge is 2.24. The minimum absolute atomic E-state index is 0.737. The first kappa shape index (κ1) is 37.8. The van der Waals surface area contributed by atoms with Gasteiger partial charge >= 0.3 is 0 Å². The molecule has 0 amide bonds. The average molecular weight is 851 g/mol. The molecule has 0 unspecified atom stereocenters. The van der Waals surface area contributed by atoms with Crippen molar-refractivity contribution in [2.75, 3.05) is 0 Å². The largest absolute Gasteiger partial charge is 0.457 e. The zero-order valence-corrected chi connectivity index (χ0v) is 36.6. The second kappa shape index (κ2) is 14.7. The van der Waals surface area contributed by atoms with E-state index in [-0.39, 0.29) is 0 Å². The third kappa shape index (κ3) is 5.76. The van der Waals surface area contributed by atoms with Crippen LogP contribution >= 0.6 is 0 Å². The van der Waals surface area contributed by atoms with Gasteiger partial charge in [0.1, 0.15) is 17.3 Å². The molecule has 314 valence electrons. The van der Waals surface area contributed by atoms with Crippen LogP contribution in [0.1, 0.15) is 17.0 Å². The molecular weight excluding hydrogens is 809 g/mol. The van der Waals surface area contributed by atoms with Crippen LogP contribution < -0.4 is 4.74 Å². The summed E-state index contributed by atoms with van der Waals surface area (Å²) in [7, 11) is 0. The molecule has 0 spiro atoms. The number of nitrogens with zero attached hydrogens (tertiary/aromatic N) is 6. The maximum atomic E-state index is 6.62. The Labute approximate surface area is 380 Å². The number of hydrogen-bond donors (Lipinski definition) is 0. The number of para-hydroxylation sites is 5. The molecule has 0 aliphatic heterocycles. The van der Waals surface area contributed by atoms with Gasteiger partial charge in [-0.2, -0.15) is 5.10 Å². The molecule has 7 heteroatoms. The Morgan fingerprint density at radius 1 is 0.409 bits per heavy atom. The maximum Gasteiger partial charge on any atom is 0.137 e. The van der Waals surface area contributed by atoms with E-state index in [1.165, 1.54) is 21.5 Å². The molecule has 7 nitrogen and oxygen atoms in total. The van der Waals surface area contributed by atoms with Crippen LogP contribution in [0.15, 0.2) is 200 Å². The van der Waals surface area contributed by atoms with Gasteiger partial charge in [-0.25, -0.2) is 9.67 Å². The Bertz CT molecular complexity index is 3850. The van der Waals surface area contributed by atoms with E-state index in [0.29, 0.717) is 0 Å². The van der Waals surface area contributed by atoms with Crippen LogP contribution in [0.2, 0.25) is 0 Å². The Kier molecular flexibility index (Phi) is 8.42. The van der Waals surface area contributed by atoms with Crippen LogP contribution in [-0.4, -0.2) is 28.5 Å². The molecule has 0 saturated carbocycles. The van der Waals surface area contributed by atoms with Crippen molar-refractivity contribution >= 4 is 65.4 Å². The summed E-state index contributed by atoms with van der Waals surface area (Å²) in [6, 6.07) is 69.0. The number of benzene rings is 8. The summed E-state index contributed by atoms with van der Waals surface area (Å²) in [5.41, 5.74) is 15.2. The number of pyridine rings is 1. The van der Waals surface area contributed by atoms with Crippen molar-refractivity contribution in [2.24, 2.45) is 0 Å². The Hall–Kier alpha value is -8.68. The van der Waals surface area contributed by atoms with Gasteiger partial charge in [0.25, 0.3) is 0 Å². The summed E-state index contributed by atoms with van der Waals surface area (Å²) in [5.74, 6) is 2.31. The van der Waals surface area contributed by atoms with Crippen LogP contribution in [0.25, 0.3) is 99.4 Å². The van der Waals surface area contributed by atoms with Gasteiger partial charge in [0, 0.05) is 67.5 Å². The molecule has 8 aromatic carbocycles. The molecule has 0 aliphatic carbocycles. The molecule has 5 aromatic heterocycles. The zero-order valence-electron chi connectivity index (χ0n) is 36.6. The van der Waals surface area contributed by atoms with E-state index >= 15 is 0 Å². The van der Waals surface area contributed by atoms with Gasteiger partial charge in [0.15, 0.2) is 0 Å². The van der Waals surface area contributed by atoms with E-state index in [0.717, 1.165) is 106 Å². The fourth-order valence-corrected chi connectivity index (χ4v) is 10.4.